The molecule has 0 radical (unpaired) electrons. The summed E-state index contributed by atoms with van der Waals surface area (Å²) in [6.45, 7) is 1.82. The highest BCUT2D eigenvalue weighted by Gasteiger charge is 2.21. The molecule has 1 amide bonds. The molecule has 0 aromatic carbocycles. The number of aromatic nitrogens is 3. The van der Waals surface area contributed by atoms with Crippen LogP contribution in [0.5, 0.6) is 0 Å². The average Bonchev–Trinajstić information content (AvgIpc) is 2.97. The lowest BCUT2D eigenvalue weighted by atomic mass is 9.97. The van der Waals surface area contributed by atoms with Crippen LogP contribution in [0.2, 0.25) is 0 Å². The van der Waals surface area contributed by atoms with Crippen molar-refractivity contribution in [3.05, 3.63) is 36.9 Å². The summed E-state index contributed by atoms with van der Waals surface area (Å²) < 4.78 is 1.72. The van der Waals surface area contributed by atoms with Gasteiger partial charge in [0, 0.05) is 18.3 Å². The maximum Gasteiger partial charge on any atom is 0.227 e. The molecule has 2 aromatic rings. The van der Waals surface area contributed by atoms with Crippen LogP contribution in [0.4, 0.5) is 5.69 Å². The van der Waals surface area contributed by atoms with E-state index in [4.69, 9.17) is 0 Å². The molecule has 6 heteroatoms. The Morgan fingerprint density at radius 2 is 2.05 bits per heavy atom. The highest BCUT2D eigenvalue weighted by molar-refractivity contribution is 5.92. The maximum absolute atomic E-state index is 12.1. The van der Waals surface area contributed by atoms with Gasteiger partial charge in [-0.2, -0.15) is 5.10 Å². The first kappa shape index (κ1) is 12.8. The Bertz CT molecular complexity index is 574. The lowest BCUT2D eigenvalue weighted by Crippen LogP contribution is -2.34. The number of nitrogens with one attached hydrogen (secondary N) is 2. The van der Waals surface area contributed by atoms with Crippen molar-refractivity contribution >= 4 is 11.6 Å². The SMILES string of the molecule is O=C(Nc1cnn(-c2ccncc2)c1)C1CCNCC1. The van der Waals surface area contributed by atoms with Crippen LogP contribution >= 0.6 is 0 Å². The van der Waals surface area contributed by atoms with Gasteiger partial charge in [0.25, 0.3) is 0 Å². The van der Waals surface area contributed by atoms with Crippen molar-refractivity contribution in [2.45, 2.75) is 12.8 Å². The van der Waals surface area contributed by atoms with Gasteiger partial charge in [-0.1, -0.05) is 0 Å². The summed E-state index contributed by atoms with van der Waals surface area (Å²) in [6, 6.07) is 3.73. The number of carbonyl (C=O) groups is 1. The molecule has 1 aliphatic rings. The number of anilines is 1. The van der Waals surface area contributed by atoms with Crippen molar-refractivity contribution in [1.82, 2.24) is 20.1 Å². The molecule has 0 spiro atoms. The minimum Gasteiger partial charge on any atom is -0.323 e. The minimum atomic E-state index is 0.0841. The fraction of sp³-hybridized carbons (Fsp3) is 0.357. The molecule has 6 nitrogen and oxygen atoms in total. The van der Waals surface area contributed by atoms with E-state index in [1.807, 2.05) is 18.3 Å². The zero-order chi connectivity index (χ0) is 13.8. The molecule has 1 fully saturated rings. The summed E-state index contributed by atoms with van der Waals surface area (Å²) in [6.07, 6.45) is 8.69. The van der Waals surface area contributed by atoms with Gasteiger partial charge in [0.1, 0.15) is 0 Å². The lowest BCUT2D eigenvalue weighted by Gasteiger charge is -2.21. The summed E-state index contributed by atoms with van der Waals surface area (Å²) in [5.41, 5.74) is 1.65. The molecular formula is C14H17N5O. The first-order chi connectivity index (χ1) is 9.83. The van der Waals surface area contributed by atoms with Crippen molar-refractivity contribution in [1.29, 1.82) is 0 Å². The Kier molecular flexibility index (Phi) is 3.73. The number of hydrogen-bond donors (Lipinski definition) is 2. The molecule has 104 valence electrons. The Morgan fingerprint density at radius 3 is 2.80 bits per heavy atom. The fourth-order valence-corrected chi connectivity index (χ4v) is 2.35. The second-order valence-electron chi connectivity index (χ2n) is 4.89. The largest absolute Gasteiger partial charge is 0.323 e. The molecule has 3 rings (SSSR count). The smallest absolute Gasteiger partial charge is 0.227 e. The molecule has 0 aliphatic carbocycles. The van der Waals surface area contributed by atoms with Crippen LogP contribution in [0.15, 0.2) is 36.9 Å². The van der Waals surface area contributed by atoms with Crippen LogP contribution in [-0.2, 0) is 4.79 Å². The van der Waals surface area contributed by atoms with E-state index in [0.29, 0.717) is 0 Å². The van der Waals surface area contributed by atoms with Crippen LogP contribution in [0.25, 0.3) is 5.69 Å². The van der Waals surface area contributed by atoms with Gasteiger partial charge >= 0.3 is 0 Å². The molecule has 0 saturated carbocycles. The van der Waals surface area contributed by atoms with Crippen molar-refractivity contribution in [3.63, 3.8) is 0 Å². The van der Waals surface area contributed by atoms with Gasteiger partial charge in [0.15, 0.2) is 0 Å². The molecule has 1 aliphatic heterocycles. The van der Waals surface area contributed by atoms with Gasteiger partial charge in [0.05, 0.1) is 23.8 Å². The number of piperidine rings is 1. The van der Waals surface area contributed by atoms with E-state index in [2.05, 4.69) is 20.7 Å². The second kappa shape index (κ2) is 5.83. The van der Waals surface area contributed by atoms with E-state index in [0.717, 1.165) is 37.3 Å². The fourth-order valence-electron chi connectivity index (χ4n) is 2.35. The normalized spacial score (nSPS) is 16.0. The van der Waals surface area contributed by atoms with Crippen molar-refractivity contribution < 1.29 is 4.79 Å². The first-order valence-electron chi connectivity index (χ1n) is 6.79. The molecule has 0 bridgehead atoms. The van der Waals surface area contributed by atoms with E-state index in [9.17, 15) is 4.79 Å². The maximum atomic E-state index is 12.1. The second-order valence-corrected chi connectivity index (χ2v) is 4.89. The Hall–Kier alpha value is -2.21. The topological polar surface area (TPSA) is 71.8 Å². The van der Waals surface area contributed by atoms with Crippen LogP contribution < -0.4 is 10.6 Å². The predicted octanol–water partition coefficient (Wildman–Crippen LogP) is 1.21. The quantitative estimate of drug-likeness (QED) is 0.880. The third kappa shape index (κ3) is 2.85. The van der Waals surface area contributed by atoms with E-state index in [1.54, 1.807) is 23.3 Å². The van der Waals surface area contributed by atoms with Crippen LogP contribution in [0, 0.1) is 5.92 Å². The van der Waals surface area contributed by atoms with Gasteiger partial charge in [0.2, 0.25) is 5.91 Å². The molecule has 1 saturated heterocycles. The number of hydrogen-bond acceptors (Lipinski definition) is 4. The lowest BCUT2D eigenvalue weighted by molar-refractivity contribution is -0.120. The Morgan fingerprint density at radius 1 is 1.30 bits per heavy atom. The van der Waals surface area contributed by atoms with Gasteiger partial charge in [-0.15, -0.1) is 0 Å². The third-order valence-corrected chi connectivity index (χ3v) is 3.49. The molecule has 0 unspecified atom stereocenters. The number of pyridine rings is 1. The molecular weight excluding hydrogens is 254 g/mol. The van der Waals surface area contributed by atoms with Gasteiger partial charge in [-0.25, -0.2) is 4.68 Å². The van der Waals surface area contributed by atoms with Crippen molar-refractivity contribution in [2.24, 2.45) is 5.92 Å². The highest BCUT2D eigenvalue weighted by Crippen LogP contribution is 2.16. The molecule has 20 heavy (non-hydrogen) atoms. The first-order valence-corrected chi connectivity index (χ1v) is 6.79. The van der Waals surface area contributed by atoms with Gasteiger partial charge in [-0.05, 0) is 38.1 Å². The highest BCUT2D eigenvalue weighted by atomic mass is 16.1. The van der Waals surface area contributed by atoms with E-state index in [-0.39, 0.29) is 11.8 Å². The minimum absolute atomic E-state index is 0.0841. The molecule has 3 heterocycles. The van der Waals surface area contributed by atoms with E-state index >= 15 is 0 Å². The number of amides is 1. The van der Waals surface area contributed by atoms with E-state index in [1.165, 1.54) is 0 Å². The van der Waals surface area contributed by atoms with E-state index < -0.39 is 0 Å². The van der Waals surface area contributed by atoms with Crippen molar-refractivity contribution in [3.8, 4) is 5.69 Å². The zero-order valence-electron chi connectivity index (χ0n) is 11.1. The number of carbonyl (C=O) groups excluding carboxylic acids is 1. The average molecular weight is 271 g/mol. The number of rotatable bonds is 3. The van der Waals surface area contributed by atoms with Crippen LogP contribution in [0.1, 0.15) is 12.8 Å². The summed E-state index contributed by atoms with van der Waals surface area (Å²) in [4.78, 5) is 16.1. The van der Waals surface area contributed by atoms with Crippen molar-refractivity contribution in [2.75, 3.05) is 18.4 Å². The predicted molar refractivity (Wildman–Crippen MR) is 75.6 cm³/mol. The number of nitrogens with zero attached hydrogens (tertiary/aromatic N) is 3. The molecule has 2 aromatic heterocycles. The van der Waals surface area contributed by atoms with Crippen LogP contribution in [0.3, 0.4) is 0 Å². The third-order valence-electron chi connectivity index (χ3n) is 3.49. The zero-order valence-corrected chi connectivity index (χ0v) is 11.1. The van der Waals surface area contributed by atoms with Gasteiger partial charge < -0.3 is 10.6 Å². The molecule has 0 atom stereocenters. The monoisotopic (exact) mass is 271 g/mol. The summed E-state index contributed by atoms with van der Waals surface area (Å²) in [7, 11) is 0. The Balaban J connectivity index is 1.66. The van der Waals surface area contributed by atoms with Crippen LogP contribution in [-0.4, -0.2) is 33.8 Å². The Labute approximate surface area is 117 Å². The molecule has 2 N–H and O–H groups in total. The summed E-state index contributed by atoms with van der Waals surface area (Å²) >= 11 is 0. The van der Waals surface area contributed by atoms with Gasteiger partial charge in [-0.3, -0.25) is 9.78 Å². The standard InChI is InChI=1S/C14H17N5O/c20-14(11-1-5-15-6-2-11)18-12-9-17-19(10-12)13-3-7-16-8-4-13/h3-4,7-11,15H,1-2,5-6H2,(H,18,20). The summed E-state index contributed by atoms with van der Waals surface area (Å²) in [5.74, 6) is 0.182. The summed E-state index contributed by atoms with van der Waals surface area (Å²) in [5, 5.41) is 10.4.